The Morgan fingerprint density at radius 1 is 0.400 bits per heavy atom. The zero-order valence-corrected chi connectivity index (χ0v) is 22.4. The molecule has 0 nitrogen and oxygen atoms in total. The Morgan fingerprint density at radius 3 is 0.633 bits per heavy atom. The average molecular weight is 481 g/mol. The molecule has 3 aromatic carbocycles. The maximum atomic E-state index is 2.32. The summed E-state index contributed by atoms with van der Waals surface area (Å²) < 4.78 is 0. The summed E-state index contributed by atoms with van der Waals surface area (Å²) >= 11 is 0. The van der Waals surface area contributed by atoms with Gasteiger partial charge >= 0.3 is 0 Å². The van der Waals surface area contributed by atoms with E-state index >= 15 is 0 Å². The van der Waals surface area contributed by atoms with Gasteiger partial charge in [0.1, 0.15) is 0 Å². The van der Waals surface area contributed by atoms with Crippen molar-refractivity contribution in [1.29, 1.82) is 0 Å². The van der Waals surface area contributed by atoms with E-state index in [4.69, 9.17) is 0 Å². The van der Waals surface area contributed by atoms with Crippen molar-refractivity contribution in [2.75, 3.05) is 0 Å². The zero-order valence-electron chi connectivity index (χ0n) is 19.8. The first-order valence-corrected chi connectivity index (χ1v) is 11.2. The molecule has 0 unspecified atom stereocenters. The van der Waals surface area contributed by atoms with Gasteiger partial charge in [-0.25, -0.2) is 24.3 Å². The second kappa shape index (κ2) is 18.7. The predicted molar refractivity (Wildman–Crippen MR) is 127 cm³/mol. The molecular formula is C28H40Cr2-2. The van der Waals surface area contributed by atoms with Gasteiger partial charge in [0, 0.05) is 34.7 Å². The minimum absolute atomic E-state index is 0. The molecule has 2 heteroatoms. The van der Waals surface area contributed by atoms with Crippen LogP contribution >= 0.6 is 0 Å². The Bertz CT molecular complexity index is 556. The van der Waals surface area contributed by atoms with Crippen molar-refractivity contribution in [2.45, 2.75) is 80.1 Å². The van der Waals surface area contributed by atoms with Crippen LogP contribution in [0.3, 0.4) is 0 Å². The second-order valence-electron chi connectivity index (χ2n) is 6.92. The molecule has 0 N–H and O–H groups in total. The fourth-order valence-electron chi connectivity index (χ4n) is 4.29. The van der Waals surface area contributed by atoms with Crippen LogP contribution in [0.1, 0.15) is 74.9 Å². The van der Waals surface area contributed by atoms with Gasteiger partial charge < -0.3 is 0 Å². The smallest absolute Gasteiger partial charge is 0 e. The molecule has 0 aliphatic rings. The van der Waals surface area contributed by atoms with Gasteiger partial charge in [0.15, 0.2) is 0 Å². The Labute approximate surface area is 208 Å². The van der Waals surface area contributed by atoms with E-state index in [1.54, 1.807) is 33.4 Å². The fourth-order valence-corrected chi connectivity index (χ4v) is 4.29. The van der Waals surface area contributed by atoms with E-state index < -0.39 is 0 Å². The maximum Gasteiger partial charge on any atom is 0 e. The van der Waals surface area contributed by atoms with Crippen molar-refractivity contribution in [2.24, 2.45) is 0 Å². The minimum atomic E-state index is 0. The van der Waals surface area contributed by atoms with Crippen LogP contribution < -0.4 is 0 Å². The third kappa shape index (κ3) is 9.00. The van der Waals surface area contributed by atoms with Gasteiger partial charge in [-0.05, 0) is 71.9 Å². The minimum Gasteiger partial charge on any atom is -0.214 e. The molecule has 30 heavy (non-hydrogen) atoms. The van der Waals surface area contributed by atoms with Crippen molar-refractivity contribution in [3.63, 3.8) is 0 Å². The molecule has 0 aliphatic heterocycles. The fraction of sp³-hybridized carbons (Fsp3) is 0.429. The first-order chi connectivity index (χ1) is 13.7. The molecule has 3 aromatic rings. The molecule has 0 aromatic heterocycles. The van der Waals surface area contributed by atoms with Crippen molar-refractivity contribution in [3.05, 3.63) is 94.0 Å². The van der Waals surface area contributed by atoms with Crippen LogP contribution in [0.5, 0.6) is 0 Å². The summed E-state index contributed by atoms with van der Waals surface area (Å²) in [6, 6.07) is 20.0. The SMILES string of the molecule is CCc1c(CC)c(CC)c(CC)c(CC)c1CC.[Cr].[Cr].c1cc[cH-]c1.c1cc[cH-]c1. The Morgan fingerprint density at radius 2 is 0.567 bits per heavy atom. The molecule has 3 rings (SSSR count). The number of hydrogen-bond donors (Lipinski definition) is 0. The Hall–Kier alpha value is -1.02. The third-order valence-electron chi connectivity index (χ3n) is 5.42. The molecule has 0 saturated heterocycles. The van der Waals surface area contributed by atoms with Crippen LogP contribution in [0.25, 0.3) is 0 Å². The monoisotopic (exact) mass is 480 g/mol. The summed E-state index contributed by atoms with van der Waals surface area (Å²) in [5.74, 6) is 0. The molecule has 0 amide bonds. The van der Waals surface area contributed by atoms with Gasteiger partial charge in [0.05, 0.1) is 0 Å². The molecular weight excluding hydrogens is 440 g/mol. The summed E-state index contributed by atoms with van der Waals surface area (Å²) in [4.78, 5) is 0. The molecule has 0 aliphatic carbocycles. The van der Waals surface area contributed by atoms with Crippen LogP contribution in [0.2, 0.25) is 0 Å². The topological polar surface area (TPSA) is 0 Å². The van der Waals surface area contributed by atoms with E-state index in [1.165, 1.54) is 38.5 Å². The van der Waals surface area contributed by atoms with Crippen LogP contribution in [0, 0.1) is 0 Å². The molecule has 166 valence electrons. The van der Waals surface area contributed by atoms with Gasteiger partial charge in [0.2, 0.25) is 0 Å². The van der Waals surface area contributed by atoms with Gasteiger partial charge in [-0.2, -0.15) is 36.4 Å². The summed E-state index contributed by atoms with van der Waals surface area (Å²) in [7, 11) is 0. The van der Waals surface area contributed by atoms with Crippen LogP contribution in [-0.4, -0.2) is 0 Å². The van der Waals surface area contributed by atoms with Crippen molar-refractivity contribution in [3.8, 4) is 0 Å². The molecule has 0 atom stereocenters. The van der Waals surface area contributed by atoms with Crippen LogP contribution in [0.15, 0.2) is 60.7 Å². The van der Waals surface area contributed by atoms with E-state index in [0.717, 1.165) is 0 Å². The predicted octanol–water partition coefficient (Wildman–Crippen LogP) is 7.87. The molecule has 0 heterocycles. The van der Waals surface area contributed by atoms with Crippen molar-refractivity contribution < 1.29 is 34.7 Å². The van der Waals surface area contributed by atoms with E-state index in [9.17, 15) is 0 Å². The van der Waals surface area contributed by atoms with Gasteiger partial charge in [-0.3, -0.25) is 0 Å². The molecule has 0 saturated carbocycles. The largest absolute Gasteiger partial charge is 0.214 e. The van der Waals surface area contributed by atoms with Crippen LogP contribution in [0.4, 0.5) is 0 Å². The summed E-state index contributed by atoms with van der Waals surface area (Å²) in [6.07, 6.45) is 7.14. The van der Waals surface area contributed by atoms with Gasteiger partial charge in [-0.15, -0.1) is 0 Å². The molecule has 0 bridgehead atoms. The van der Waals surface area contributed by atoms with Crippen LogP contribution in [-0.2, 0) is 73.2 Å². The Balaban J connectivity index is 0. The quantitative estimate of drug-likeness (QED) is 0.315. The summed E-state index contributed by atoms with van der Waals surface area (Å²) in [6.45, 7) is 13.9. The first-order valence-electron chi connectivity index (χ1n) is 11.2. The van der Waals surface area contributed by atoms with Gasteiger partial charge in [-0.1, -0.05) is 41.5 Å². The summed E-state index contributed by atoms with van der Waals surface area (Å²) in [5.41, 5.74) is 9.95. The second-order valence-corrected chi connectivity index (χ2v) is 6.92. The van der Waals surface area contributed by atoms with Gasteiger partial charge in [0.25, 0.3) is 0 Å². The third-order valence-corrected chi connectivity index (χ3v) is 5.42. The summed E-state index contributed by atoms with van der Waals surface area (Å²) in [5, 5.41) is 0. The van der Waals surface area contributed by atoms with E-state index in [0.29, 0.717) is 0 Å². The van der Waals surface area contributed by atoms with E-state index in [1.807, 2.05) is 60.7 Å². The number of hydrogen-bond acceptors (Lipinski definition) is 0. The van der Waals surface area contributed by atoms with E-state index in [2.05, 4.69) is 41.5 Å². The van der Waals surface area contributed by atoms with Crippen molar-refractivity contribution >= 4 is 0 Å². The standard InChI is InChI=1S/C18H30.2C5H5.2Cr/c1-7-13-14(8-2)16(10-4)18(12-6)17(11-5)15(13)9-3;2*1-2-4-5-3-1;;/h7-12H2,1-6H3;2*1-5H;;/q;2*-1;;. The maximum absolute atomic E-state index is 2.32. The first kappa shape index (κ1) is 31.2. The normalized spacial score (nSPS) is 9.27. The number of rotatable bonds is 6. The number of benzene rings is 1. The average Bonchev–Trinajstić information content (AvgIpc) is 3.49. The van der Waals surface area contributed by atoms with Crippen molar-refractivity contribution in [1.82, 2.24) is 0 Å². The zero-order chi connectivity index (χ0) is 20.8. The molecule has 0 spiro atoms. The van der Waals surface area contributed by atoms with E-state index in [-0.39, 0.29) is 34.7 Å². The molecule has 0 fully saturated rings. The molecule has 0 radical (unpaired) electrons. The Kier molecular flexibility index (Phi) is 19.5.